The molecule has 2 aromatic heterocycles. The molecule has 0 aliphatic rings. The largest absolute Gasteiger partial charge is 0.345 e. The maximum absolute atomic E-state index is 12.5. The molecule has 2 heterocycles. The fourth-order valence-corrected chi connectivity index (χ4v) is 3.35. The van der Waals surface area contributed by atoms with Gasteiger partial charge in [-0.05, 0) is 48.5 Å². The predicted molar refractivity (Wildman–Crippen MR) is 107 cm³/mol. The zero-order valence-corrected chi connectivity index (χ0v) is 15.1. The van der Waals surface area contributed by atoms with Gasteiger partial charge in [-0.3, -0.25) is 4.79 Å². The summed E-state index contributed by atoms with van der Waals surface area (Å²) in [6.45, 7) is 0. The van der Waals surface area contributed by atoms with Gasteiger partial charge in [-0.1, -0.05) is 30.0 Å². The molecule has 132 valence electrons. The van der Waals surface area contributed by atoms with Gasteiger partial charge in [0, 0.05) is 40.3 Å². The first-order valence-electron chi connectivity index (χ1n) is 8.38. The molecule has 5 nitrogen and oxygen atoms in total. The van der Waals surface area contributed by atoms with E-state index in [-0.39, 0.29) is 5.91 Å². The minimum atomic E-state index is -0.152. The van der Waals surface area contributed by atoms with Gasteiger partial charge in [0.2, 0.25) is 0 Å². The molecular weight excluding hydrogens is 356 g/mol. The summed E-state index contributed by atoms with van der Waals surface area (Å²) in [6.07, 6.45) is 5.23. The van der Waals surface area contributed by atoms with Gasteiger partial charge in [0.05, 0.1) is 0 Å². The third kappa shape index (κ3) is 4.24. The lowest BCUT2D eigenvalue weighted by molar-refractivity contribution is 0.102. The maximum Gasteiger partial charge on any atom is 0.255 e. The van der Waals surface area contributed by atoms with E-state index in [1.54, 1.807) is 30.4 Å². The minimum Gasteiger partial charge on any atom is -0.345 e. The number of rotatable bonds is 5. The summed E-state index contributed by atoms with van der Waals surface area (Å²) >= 11 is 1.56. The predicted octanol–water partition coefficient (Wildman–Crippen LogP) is 4.88. The highest BCUT2D eigenvalue weighted by atomic mass is 32.2. The van der Waals surface area contributed by atoms with Crippen molar-refractivity contribution in [3.05, 3.63) is 90.9 Å². The van der Waals surface area contributed by atoms with Crippen LogP contribution in [0.5, 0.6) is 0 Å². The highest BCUT2D eigenvalue weighted by molar-refractivity contribution is 7.99. The first-order valence-corrected chi connectivity index (χ1v) is 9.20. The second kappa shape index (κ2) is 7.88. The van der Waals surface area contributed by atoms with E-state index in [1.807, 2.05) is 66.7 Å². The van der Waals surface area contributed by atoms with E-state index >= 15 is 0 Å². The Balaban J connectivity index is 1.45. The number of nitrogens with zero attached hydrogens (tertiary/aromatic N) is 2. The molecule has 0 unspecified atom stereocenters. The zero-order chi connectivity index (χ0) is 18.5. The Bertz CT molecular complexity index is 1030. The van der Waals surface area contributed by atoms with Crippen LogP contribution < -0.4 is 5.32 Å². The van der Waals surface area contributed by atoms with Crippen LogP contribution in [0.15, 0.2) is 95.2 Å². The van der Waals surface area contributed by atoms with Gasteiger partial charge in [0.1, 0.15) is 10.9 Å². The molecule has 1 amide bonds. The van der Waals surface area contributed by atoms with Gasteiger partial charge in [-0.2, -0.15) is 0 Å². The first-order chi connectivity index (χ1) is 13.3. The molecule has 4 rings (SSSR count). The topological polar surface area (TPSA) is 70.7 Å². The molecular formula is C21H16N4OS. The third-order valence-corrected chi connectivity index (χ3v) is 4.83. The molecule has 6 heteroatoms. The summed E-state index contributed by atoms with van der Waals surface area (Å²) in [5.41, 5.74) is 2.24. The average molecular weight is 372 g/mol. The molecule has 0 spiro atoms. The van der Waals surface area contributed by atoms with E-state index in [0.29, 0.717) is 5.56 Å². The molecule has 27 heavy (non-hydrogen) atoms. The Labute approximate surface area is 160 Å². The van der Waals surface area contributed by atoms with Crippen LogP contribution in [0.1, 0.15) is 10.4 Å². The Kier molecular flexibility index (Phi) is 4.98. The van der Waals surface area contributed by atoms with Crippen LogP contribution in [0.3, 0.4) is 0 Å². The van der Waals surface area contributed by atoms with Crippen molar-refractivity contribution in [1.29, 1.82) is 0 Å². The van der Waals surface area contributed by atoms with Crippen LogP contribution in [0.4, 0.5) is 5.69 Å². The second-order valence-corrected chi connectivity index (χ2v) is 6.86. The lowest BCUT2D eigenvalue weighted by Gasteiger charge is -2.07. The van der Waals surface area contributed by atoms with Crippen molar-refractivity contribution in [2.45, 2.75) is 9.92 Å². The van der Waals surface area contributed by atoms with Crippen molar-refractivity contribution in [1.82, 2.24) is 15.0 Å². The molecule has 2 aromatic carbocycles. The number of carbonyl (C=O) groups is 1. The van der Waals surface area contributed by atoms with Crippen LogP contribution in [0, 0.1) is 0 Å². The Morgan fingerprint density at radius 1 is 0.926 bits per heavy atom. The smallest absolute Gasteiger partial charge is 0.255 e. The monoisotopic (exact) mass is 372 g/mol. The van der Waals surface area contributed by atoms with Crippen molar-refractivity contribution in [3.8, 4) is 11.4 Å². The molecule has 0 atom stereocenters. The van der Waals surface area contributed by atoms with E-state index in [2.05, 4.69) is 20.3 Å². The molecule has 0 bridgehead atoms. The lowest BCUT2D eigenvalue weighted by atomic mass is 10.1. The molecule has 4 aromatic rings. The van der Waals surface area contributed by atoms with E-state index in [0.717, 1.165) is 27.0 Å². The highest BCUT2D eigenvalue weighted by Crippen LogP contribution is 2.26. The number of hydrogen-bond acceptors (Lipinski definition) is 4. The molecule has 0 saturated heterocycles. The first kappa shape index (κ1) is 17.1. The van der Waals surface area contributed by atoms with E-state index in [1.165, 1.54) is 0 Å². The van der Waals surface area contributed by atoms with Crippen LogP contribution in [0.2, 0.25) is 0 Å². The Morgan fingerprint density at radius 2 is 1.81 bits per heavy atom. The summed E-state index contributed by atoms with van der Waals surface area (Å²) in [5, 5.41) is 3.85. The fourth-order valence-electron chi connectivity index (χ4n) is 2.57. The van der Waals surface area contributed by atoms with Crippen LogP contribution >= 0.6 is 11.8 Å². The lowest BCUT2D eigenvalue weighted by Crippen LogP contribution is -2.11. The quantitative estimate of drug-likeness (QED) is 0.524. The van der Waals surface area contributed by atoms with Crippen molar-refractivity contribution >= 4 is 23.4 Å². The van der Waals surface area contributed by atoms with E-state index in [4.69, 9.17) is 0 Å². The average Bonchev–Trinajstić information content (AvgIpc) is 3.24. The maximum atomic E-state index is 12.5. The van der Waals surface area contributed by atoms with Gasteiger partial charge < -0.3 is 10.3 Å². The standard InChI is InChI=1S/C21H16N4OS/c26-21(25-17-5-3-4-16(14-17)20-23-12-13-24-20)15-7-9-18(10-8-15)27-19-6-1-2-11-22-19/h1-14H,(H,23,24)(H,25,26). The number of amides is 1. The van der Waals surface area contributed by atoms with Crippen molar-refractivity contribution < 1.29 is 4.79 Å². The third-order valence-electron chi connectivity index (χ3n) is 3.87. The van der Waals surface area contributed by atoms with Crippen molar-refractivity contribution in [3.63, 3.8) is 0 Å². The molecule has 0 fully saturated rings. The summed E-state index contributed by atoms with van der Waals surface area (Å²) in [5.74, 6) is 0.614. The van der Waals surface area contributed by atoms with Crippen molar-refractivity contribution in [2.75, 3.05) is 5.32 Å². The van der Waals surface area contributed by atoms with Gasteiger partial charge in [0.15, 0.2) is 0 Å². The highest BCUT2D eigenvalue weighted by Gasteiger charge is 2.08. The zero-order valence-electron chi connectivity index (χ0n) is 14.3. The molecule has 0 aliphatic heterocycles. The Hall–Kier alpha value is -3.38. The number of H-pyrrole nitrogens is 1. The van der Waals surface area contributed by atoms with Gasteiger partial charge in [-0.25, -0.2) is 9.97 Å². The number of anilines is 1. The number of benzene rings is 2. The Morgan fingerprint density at radius 3 is 2.56 bits per heavy atom. The normalized spacial score (nSPS) is 10.5. The van der Waals surface area contributed by atoms with Gasteiger partial charge >= 0.3 is 0 Å². The summed E-state index contributed by atoms with van der Waals surface area (Å²) < 4.78 is 0. The van der Waals surface area contributed by atoms with E-state index < -0.39 is 0 Å². The SMILES string of the molecule is O=C(Nc1cccc(-c2ncc[nH]2)c1)c1ccc(Sc2ccccn2)cc1. The number of pyridine rings is 1. The number of hydrogen-bond donors (Lipinski definition) is 2. The molecule has 0 aliphatic carbocycles. The fraction of sp³-hybridized carbons (Fsp3) is 0. The molecule has 2 N–H and O–H groups in total. The number of carbonyl (C=O) groups excluding carboxylic acids is 1. The van der Waals surface area contributed by atoms with Gasteiger partial charge in [0.25, 0.3) is 5.91 Å². The molecule has 0 radical (unpaired) electrons. The van der Waals surface area contributed by atoms with Crippen LogP contribution in [0.25, 0.3) is 11.4 Å². The molecule has 0 saturated carbocycles. The van der Waals surface area contributed by atoms with Crippen LogP contribution in [-0.4, -0.2) is 20.9 Å². The summed E-state index contributed by atoms with van der Waals surface area (Å²) in [6, 6.07) is 20.9. The van der Waals surface area contributed by atoms with E-state index in [9.17, 15) is 4.79 Å². The second-order valence-electron chi connectivity index (χ2n) is 5.77. The summed E-state index contributed by atoms with van der Waals surface area (Å²) in [4.78, 5) is 25.1. The minimum absolute atomic E-state index is 0.152. The van der Waals surface area contributed by atoms with Gasteiger partial charge in [-0.15, -0.1) is 0 Å². The number of aromatic amines is 1. The van der Waals surface area contributed by atoms with Crippen molar-refractivity contribution in [2.24, 2.45) is 0 Å². The number of nitrogens with one attached hydrogen (secondary N) is 2. The summed E-state index contributed by atoms with van der Waals surface area (Å²) in [7, 11) is 0. The van der Waals surface area contributed by atoms with Crippen LogP contribution in [-0.2, 0) is 0 Å². The number of aromatic nitrogens is 3. The number of imidazole rings is 1.